The van der Waals surface area contributed by atoms with Crippen molar-refractivity contribution in [3.8, 4) is 0 Å². The summed E-state index contributed by atoms with van der Waals surface area (Å²) in [7, 11) is 0. The normalized spacial score (nSPS) is 10.1. The third-order valence-electron chi connectivity index (χ3n) is 2.20. The summed E-state index contributed by atoms with van der Waals surface area (Å²) in [6.07, 6.45) is 2.55. The standard InChI is InChI=1S/C11H7ClFN3O2/c12-8-5-7(1-2-9(8)13)15-10-3-4-14-6-11(10)16(17)18/h1-6H,(H,14,15). The fourth-order valence-corrected chi connectivity index (χ4v) is 1.55. The van der Waals surface area contributed by atoms with E-state index < -0.39 is 10.7 Å². The first-order valence-electron chi connectivity index (χ1n) is 4.88. The average Bonchev–Trinajstić information content (AvgIpc) is 2.34. The number of anilines is 2. The van der Waals surface area contributed by atoms with Crippen LogP contribution in [0.4, 0.5) is 21.5 Å². The lowest BCUT2D eigenvalue weighted by Gasteiger charge is -2.07. The van der Waals surface area contributed by atoms with Gasteiger partial charge < -0.3 is 5.32 Å². The molecule has 0 spiro atoms. The molecule has 2 rings (SSSR count). The highest BCUT2D eigenvalue weighted by Gasteiger charge is 2.13. The Morgan fingerprint density at radius 1 is 1.39 bits per heavy atom. The summed E-state index contributed by atoms with van der Waals surface area (Å²) in [5.74, 6) is -0.550. The molecular formula is C11H7ClFN3O2. The molecule has 18 heavy (non-hydrogen) atoms. The molecule has 0 fully saturated rings. The summed E-state index contributed by atoms with van der Waals surface area (Å²) in [6, 6.07) is 5.42. The van der Waals surface area contributed by atoms with Gasteiger partial charge in [-0.2, -0.15) is 0 Å². The van der Waals surface area contributed by atoms with E-state index in [9.17, 15) is 14.5 Å². The summed E-state index contributed by atoms with van der Waals surface area (Å²) >= 11 is 5.62. The fraction of sp³-hybridized carbons (Fsp3) is 0. The molecular weight excluding hydrogens is 261 g/mol. The van der Waals surface area contributed by atoms with E-state index in [-0.39, 0.29) is 16.4 Å². The minimum absolute atomic E-state index is 0.0586. The maximum absolute atomic E-state index is 13.0. The van der Waals surface area contributed by atoms with Crippen molar-refractivity contribution >= 4 is 28.7 Å². The smallest absolute Gasteiger partial charge is 0.310 e. The zero-order valence-corrected chi connectivity index (χ0v) is 9.69. The maximum Gasteiger partial charge on any atom is 0.310 e. The number of hydrogen-bond acceptors (Lipinski definition) is 4. The minimum Gasteiger partial charge on any atom is -0.350 e. The molecule has 0 amide bonds. The third-order valence-corrected chi connectivity index (χ3v) is 2.48. The van der Waals surface area contributed by atoms with E-state index >= 15 is 0 Å². The van der Waals surface area contributed by atoms with E-state index in [2.05, 4.69) is 10.3 Å². The quantitative estimate of drug-likeness (QED) is 0.682. The molecule has 0 bridgehead atoms. The van der Waals surface area contributed by atoms with Crippen LogP contribution in [0, 0.1) is 15.9 Å². The zero-order chi connectivity index (χ0) is 13.1. The third kappa shape index (κ3) is 2.54. The zero-order valence-electron chi connectivity index (χ0n) is 8.93. The molecule has 1 aromatic heterocycles. The van der Waals surface area contributed by atoms with Crippen LogP contribution in [0.1, 0.15) is 0 Å². The van der Waals surface area contributed by atoms with E-state index in [0.29, 0.717) is 5.69 Å². The van der Waals surface area contributed by atoms with E-state index in [0.717, 1.165) is 6.20 Å². The Balaban J connectivity index is 2.34. The van der Waals surface area contributed by atoms with Crippen molar-refractivity contribution in [2.24, 2.45) is 0 Å². The minimum atomic E-state index is -0.555. The van der Waals surface area contributed by atoms with Gasteiger partial charge in [0.25, 0.3) is 0 Å². The van der Waals surface area contributed by atoms with Gasteiger partial charge in [0, 0.05) is 11.9 Å². The molecule has 0 aliphatic carbocycles. The van der Waals surface area contributed by atoms with Crippen molar-refractivity contribution in [1.29, 1.82) is 0 Å². The van der Waals surface area contributed by atoms with Crippen molar-refractivity contribution < 1.29 is 9.31 Å². The number of nitro groups is 1. The maximum atomic E-state index is 13.0. The van der Waals surface area contributed by atoms with Gasteiger partial charge in [-0.05, 0) is 24.3 Å². The Labute approximate surface area is 106 Å². The highest BCUT2D eigenvalue weighted by atomic mass is 35.5. The molecule has 0 atom stereocenters. The van der Waals surface area contributed by atoms with Crippen molar-refractivity contribution in [3.63, 3.8) is 0 Å². The number of pyridine rings is 1. The number of rotatable bonds is 3. The lowest BCUT2D eigenvalue weighted by atomic mass is 10.2. The molecule has 0 aliphatic rings. The molecule has 0 aliphatic heterocycles. The van der Waals surface area contributed by atoms with Crippen LogP contribution >= 0.6 is 11.6 Å². The van der Waals surface area contributed by atoms with Crippen molar-refractivity contribution in [3.05, 3.63) is 57.6 Å². The van der Waals surface area contributed by atoms with E-state index in [1.165, 1.54) is 30.5 Å². The van der Waals surface area contributed by atoms with Crippen molar-refractivity contribution in [1.82, 2.24) is 4.98 Å². The first-order valence-corrected chi connectivity index (χ1v) is 5.26. The molecule has 0 saturated carbocycles. The molecule has 0 unspecified atom stereocenters. The molecule has 7 heteroatoms. The number of nitrogens with zero attached hydrogens (tertiary/aromatic N) is 2. The topological polar surface area (TPSA) is 68.1 Å². The SMILES string of the molecule is O=[N+]([O-])c1cnccc1Nc1ccc(F)c(Cl)c1. The molecule has 1 aromatic carbocycles. The van der Waals surface area contributed by atoms with Crippen LogP contribution in [0.3, 0.4) is 0 Å². The van der Waals surface area contributed by atoms with E-state index in [4.69, 9.17) is 11.6 Å². The van der Waals surface area contributed by atoms with Gasteiger partial charge in [-0.1, -0.05) is 11.6 Å². The Morgan fingerprint density at radius 2 is 2.17 bits per heavy atom. The molecule has 0 radical (unpaired) electrons. The van der Waals surface area contributed by atoms with Crippen LogP contribution in [-0.2, 0) is 0 Å². The van der Waals surface area contributed by atoms with Crippen LogP contribution in [0.2, 0.25) is 5.02 Å². The van der Waals surface area contributed by atoms with Crippen LogP contribution in [0.25, 0.3) is 0 Å². The Bertz CT molecular complexity index is 607. The van der Waals surface area contributed by atoms with Gasteiger partial charge >= 0.3 is 5.69 Å². The lowest BCUT2D eigenvalue weighted by Crippen LogP contribution is -1.97. The van der Waals surface area contributed by atoms with E-state index in [1.807, 2.05) is 0 Å². The molecule has 5 nitrogen and oxygen atoms in total. The Hall–Kier alpha value is -2.21. The Morgan fingerprint density at radius 3 is 2.83 bits per heavy atom. The lowest BCUT2D eigenvalue weighted by molar-refractivity contribution is -0.384. The van der Waals surface area contributed by atoms with Crippen LogP contribution in [0.15, 0.2) is 36.7 Å². The molecule has 1 heterocycles. The number of hydrogen-bond donors (Lipinski definition) is 1. The van der Waals surface area contributed by atoms with Crippen LogP contribution < -0.4 is 5.32 Å². The summed E-state index contributed by atoms with van der Waals surface area (Å²) in [5, 5.41) is 13.5. The first-order chi connectivity index (χ1) is 8.58. The monoisotopic (exact) mass is 267 g/mol. The first kappa shape index (κ1) is 12.3. The predicted molar refractivity (Wildman–Crippen MR) is 65.6 cm³/mol. The van der Waals surface area contributed by atoms with Crippen molar-refractivity contribution in [2.75, 3.05) is 5.32 Å². The summed E-state index contributed by atoms with van der Waals surface area (Å²) in [5.41, 5.74) is 0.548. The highest BCUT2D eigenvalue weighted by Crippen LogP contribution is 2.27. The van der Waals surface area contributed by atoms with Crippen LogP contribution in [-0.4, -0.2) is 9.91 Å². The fourth-order valence-electron chi connectivity index (χ4n) is 1.37. The molecule has 1 N–H and O–H groups in total. The summed E-state index contributed by atoms with van der Waals surface area (Å²) < 4.78 is 13.0. The second kappa shape index (κ2) is 4.97. The van der Waals surface area contributed by atoms with Gasteiger partial charge in [0.15, 0.2) is 0 Å². The van der Waals surface area contributed by atoms with Gasteiger partial charge in [0.1, 0.15) is 17.7 Å². The van der Waals surface area contributed by atoms with Gasteiger partial charge in [-0.15, -0.1) is 0 Å². The number of halogens is 2. The molecule has 0 saturated heterocycles. The van der Waals surface area contributed by atoms with E-state index in [1.54, 1.807) is 0 Å². The van der Waals surface area contributed by atoms with Gasteiger partial charge in [0.05, 0.1) is 9.95 Å². The summed E-state index contributed by atoms with van der Waals surface area (Å²) in [6.45, 7) is 0. The predicted octanol–water partition coefficient (Wildman–Crippen LogP) is 3.53. The molecule has 2 aromatic rings. The Kier molecular flexibility index (Phi) is 3.38. The number of nitrogens with one attached hydrogen (secondary N) is 1. The van der Waals surface area contributed by atoms with Gasteiger partial charge in [0.2, 0.25) is 0 Å². The number of aromatic nitrogens is 1. The van der Waals surface area contributed by atoms with Crippen LogP contribution in [0.5, 0.6) is 0 Å². The van der Waals surface area contributed by atoms with Gasteiger partial charge in [-0.3, -0.25) is 15.1 Å². The second-order valence-corrected chi connectivity index (χ2v) is 3.81. The number of benzene rings is 1. The highest BCUT2D eigenvalue weighted by molar-refractivity contribution is 6.31. The second-order valence-electron chi connectivity index (χ2n) is 3.40. The summed E-state index contributed by atoms with van der Waals surface area (Å²) in [4.78, 5) is 13.9. The largest absolute Gasteiger partial charge is 0.350 e. The van der Waals surface area contributed by atoms with Crippen molar-refractivity contribution in [2.45, 2.75) is 0 Å². The average molecular weight is 268 g/mol. The van der Waals surface area contributed by atoms with Gasteiger partial charge in [-0.25, -0.2) is 4.39 Å². The molecule has 92 valence electrons.